The van der Waals surface area contributed by atoms with E-state index in [-0.39, 0.29) is 17.9 Å². The summed E-state index contributed by atoms with van der Waals surface area (Å²) in [5, 5.41) is 31.7. The molecule has 6 nitrogen and oxygen atoms in total. The van der Waals surface area contributed by atoms with Gasteiger partial charge in [-0.3, -0.25) is 4.79 Å². The quantitative estimate of drug-likeness (QED) is 0.390. The van der Waals surface area contributed by atoms with Gasteiger partial charge in [-0.25, -0.2) is 5.43 Å². The van der Waals surface area contributed by atoms with Crippen molar-refractivity contribution >= 4 is 12.1 Å². The highest BCUT2D eigenvalue weighted by atomic mass is 16.3. The lowest BCUT2D eigenvalue weighted by Crippen LogP contribution is -2.16. The van der Waals surface area contributed by atoms with Crippen LogP contribution in [-0.2, 0) is 11.2 Å². The van der Waals surface area contributed by atoms with E-state index in [9.17, 15) is 15.0 Å². The molecule has 0 aliphatic carbocycles. The Labute approximate surface area is 130 Å². The van der Waals surface area contributed by atoms with Crippen LogP contribution < -0.4 is 5.43 Å². The molecule has 0 atom stereocenters. The number of nitriles is 1. The Morgan fingerprint density at radius 1 is 1.32 bits per heavy atom. The average molecular weight is 303 g/mol. The monoisotopic (exact) mass is 303 g/mol. The van der Waals surface area contributed by atoms with Crippen molar-refractivity contribution in [3.63, 3.8) is 0 Å². The van der Waals surface area contributed by atoms with E-state index in [1.807, 2.05) is 0 Å². The molecule has 0 radical (unpaired) electrons. The van der Waals surface area contributed by atoms with Crippen molar-refractivity contribution in [2.75, 3.05) is 0 Å². The Balaban J connectivity index is 2.72. The summed E-state index contributed by atoms with van der Waals surface area (Å²) >= 11 is 0. The Bertz CT molecular complexity index is 577. The van der Waals surface area contributed by atoms with Crippen LogP contribution in [0.3, 0.4) is 0 Å². The SMILES string of the molecule is CCCCCCc1cc(C=NNC(=O)CC#N)c(O)cc1O. The molecule has 1 amide bonds. The molecule has 0 aromatic heterocycles. The van der Waals surface area contributed by atoms with Crippen LogP contribution in [0.25, 0.3) is 0 Å². The Kier molecular flexibility index (Phi) is 7.48. The molecule has 0 aliphatic rings. The summed E-state index contributed by atoms with van der Waals surface area (Å²) in [6.45, 7) is 2.13. The molecule has 22 heavy (non-hydrogen) atoms. The molecule has 0 unspecified atom stereocenters. The zero-order valence-electron chi connectivity index (χ0n) is 12.7. The van der Waals surface area contributed by atoms with Crippen molar-refractivity contribution in [2.24, 2.45) is 5.10 Å². The summed E-state index contributed by atoms with van der Waals surface area (Å²) in [5.41, 5.74) is 3.33. The molecule has 0 aliphatic heterocycles. The molecule has 3 N–H and O–H groups in total. The van der Waals surface area contributed by atoms with E-state index in [4.69, 9.17) is 5.26 Å². The minimum Gasteiger partial charge on any atom is -0.508 e. The number of hydrazone groups is 1. The third-order valence-corrected chi connectivity index (χ3v) is 3.16. The minimum atomic E-state index is -0.517. The maximum atomic E-state index is 11.1. The second-order valence-electron chi connectivity index (χ2n) is 4.98. The molecule has 0 saturated carbocycles. The number of carbonyl (C=O) groups excluding carboxylic acids is 1. The summed E-state index contributed by atoms with van der Waals surface area (Å²) in [7, 11) is 0. The van der Waals surface area contributed by atoms with Gasteiger partial charge in [0, 0.05) is 11.6 Å². The van der Waals surface area contributed by atoms with E-state index in [1.54, 1.807) is 12.1 Å². The second kappa shape index (κ2) is 9.40. The van der Waals surface area contributed by atoms with E-state index in [2.05, 4.69) is 17.5 Å². The number of amides is 1. The van der Waals surface area contributed by atoms with Crippen LogP contribution in [0.1, 0.15) is 50.2 Å². The molecule has 0 heterocycles. The van der Waals surface area contributed by atoms with Crippen LogP contribution >= 0.6 is 0 Å². The van der Waals surface area contributed by atoms with Crippen molar-refractivity contribution in [3.8, 4) is 17.6 Å². The van der Waals surface area contributed by atoms with Crippen molar-refractivity contribution < 1.29 is 15.0 Å². The standard InChI is InChI=1S/C16H21N3O3/c1-2-3-4-5-6-12-9-13(15(21)10-14(12)20)11-18-19-16(22)7-8-17/h9-11,20-21H,2-7H2,1H3,(H,19,22). The normalized spacial score (nSPS) is 10.5. The molecule has 0 spiro atoms. The first-order valence-corrected chi connectivity index (χ1v) is 7.32. The highest BCUT2D eigenvalue weighted by Gasteiger charge is 2.07. The number of aromatic hydroxyl groups is 2. The molecular weight excluding hydrogens is 282 g/mol. The third-order valence-electron chi connectivity index (χ3n) is 3.16. The Morgan fingerprint density at radius 3 is 2.77 bits per heavy atom. The van der Waals surface area contributed by atoms with Gasteiger partial charge in [-0.05, 0) is 24.5 Å². The maximum absolute atomic E-state index is 11.1. The van der Waals surface area contributed by atoms with Gasteiger partial charge in [0.05, 0.1) is 12.3 Å². The molecule has 0 saturated heterocycles. The number of nitrogens with zero attached hydrogens (tertiary/aromatic N) is 2. The fourth-order valence-electron chi connectivity index (χ4n) is 1.97. The fraction of sp³-hybridized carbons (Fsp3) is 0.438. The zero-order chi connectivity index (χ0) is 16.4. The van der Waals surface area contributed by atoms with E-state index in [0.29, 0.717) is 12.0 Å². The molecule has 1 rings (SSSR count). The van der Waals surface area contributed by atoms with E-state index >= 15 is 0 Å². The van der Waals surface area contributed by atoms with Crippen LogP contribution in [0.15, 0.2) is 17.2 Å². The first-order chi connectivity index (χ1) is 10.6. The highest BCUT2D eigenvalue weighted by Crippen LogP contribution is 2.27. The first-order valence-electron chi connectivity index (χ1n) is 7.32. The number of carbonyl (C=O) groups is 1. The molecule has 0 bridgehead atoms. The molecule has 1 aromatic carbocycles. The molecule has 6 heteroatoms. The number of phenols is 2. The summed E-state index contributed by atoms with van der Waals surface area (Å²) in [4.78, 5) is 11.1. The predicted octanol–water partition coefficient (Wildman–Crippen LogP) is 2.58. The third kappa shape index (κ3) is 5.83. The van der Waals surface area contributed by atoms with Crippen molar-refractivity contribution in [1.82, 2.24) is 5.43 Å². The minimum absolute atomic E-state index is 0.0552. The second-order valence-corrected chi connectivity index (χ2v) is 4.98. The lowest BCUT2D eigenvalue weighted by molar-refractivity contribution is -0.120. The number of phenolic OH excluding ortho intramolecular Hbond substituents is 2. The molecule has 118 valence electrons. The number of hydrogen-bond donors (Lipinski definition) is 3. The van der Waals surface area contributed by atoms with E-state index in [0.717, 1.165) is 31.2 Å². The topological polar surface area (TPSA) is 106 Å². The van der Waals surface area contributed by atoms with Gasteiger partial charge in [0.25, 0.3) is 5.91 Å². The van der Waals surface area contributed by atoms with Gasteiger partial charge in [0.1, 0.15) is 17.9 Å². The van der Waals surface area contributed by atoms with Gasteiger partial charge in [-0.1, -0.05) is 26.2 Å². The highest BCUT2D eigenvalue weighted by molar-refractivity contribution is 5.86. The lowest BCUT2D eigenvalue weighted by atomic mass is 10.0. The van der Waals surface area contributed by atoms with Crippen molar-refractivity contribution in [1.29, 1.82) is 5.26 Å². The molecular formula is C16H21N3O3. The maximum Gasteiger partial charge on any atom is 0.254 e. The number of unbranched alkanes of at least 4 members (excludes halogenated alkanes) is 3. The van der Waals surface area contributed by atoms with Crippen LogP contribution in [0.4, 0.5) is 0 Å². The van der Waals surface area contributed by atoms with Gasteiger partial charge in [0.2, 0.25) is 0 Å². The van der Waals surface area contributed by atoms with E-state index < -0.39 is 5.91 Å². The fourth-order valence-corrected chi connectivity index (χ4v) is 1.97. The van der Waals surface area contributed by atoms with E-state index in [1.165, 1.54) is 12.3 Å². The number of rotatable bonds is 8. The van der Waals surface area contributed by atoms with Crippen LogP contribution in [0.5, 0.6) is 11.5 Å². The number of benzene rings is 1. The Morgan fingerprint density at radius 2 is 2.09 bits per heavy atom. The summed E-state index contributed by atoms with van der Waals surface area (Å²) in [6, 6.07) is 4.63. The van der Waals surface area contributed by atoms with Gasteiger partial charge < -0.3 is 10.2 Å². The summed E-state index contributed by atoms with van der Waals surface area (Å²) in [5.74, 6) is -0.579. The van der Waals surface area contributed by atoms with Gasteiger partial charge >= 0.3 is 0 Å². The summed E-state index contributed by atoms with van der Waals surface area (Å²) < 4.78 is 0. The number of nitrogens with one attached hydrogen (secondary N) is 1. The van der Waals surface area contributed by atoms with Gasteiger partial charge in [-0.2, -0.15) is 10.4 Å². The molecule has 1 aromatic rings. The smallest absolute Gasteiger partial charge is 0.254 e. The molecule has 0 fully saturated rings. The first kappa shape index (κ1) is 17.5. The van der Waals surface area contributed by atoms with Crippen molar-refractivity contribution in [2.45, 2.75) is 45.4 Å². The summed E-state index contributed by atoms with van der Waals surface area (Å²) in [6.07, 6.45) is 6.07. The largest absolute Gasteiger partial charge is 0.508 e. The van der Waals surface area contributed by atoms with Crippen LogP contribution in [0.2, 0.25) is 0 Å². The Hall–Kier alpha value is -2.55. The van der Waals surface area contributed by atoms with Crippen LogP contribution in [-0.4, -0.2) is 22.3 Å². The predicted molar refractivity (Wildman–Crippen MR) is 83.6 cm³/mol. The van der Waals surface area contributed by atoms with Gasteiger partial charge in [0.15, 0.2) is 0 Å². The van der Waals surface area contributed by atoms with Gasteiger partial charge in [-0.15, -0.1) is 0 Å². The lowest BCUT2D eigenvalue weighted by Gasteiger charge is -2.07. The zero-order valence-corrected chi connectivity index (χ0v) is 12.7. The average Bonchev–Trinajstić information content (AvgIpc) is 2.47. The number of aryl methyl sites for hydroxylation is 1. The number of hydrogen-bond acceptors (Lipinski definition) is 5. The van der Waals surface area contributed by atoms with Crippen LogP contribution in [0, 0.1) is 11.3 Å². The van der Waals surface area contributed by atoms with Crippen molar-refractivity contribution in [3.05, 3.63) is 23.3 Å².